The molecule has 0 aliphatic carbocycles. The van der Waals surface area contributed by atoms with Crippen LogP contribution in [0.3, 0.4) is 0 Å². The molecule has 0 aliphatic heterocycles. The Morgan fingerprint density at radius 2 is 1.62 bits per heavy atom. The molecule has 0 bridgehead atoms. The fourth-order valence-electron chi connectivity index (χ4n) is 1.14. The molecule has 0 spiro atoms. The Bertz CT molecular complexity index is 131. The van der Waals surface area contributed by atoms with Gasteiger partial charge in [-0.1, -0.05) is 42.6 Å². The number of nitrogens with zero attached hydrogens (tertiary/aromatic N) is 1. The molecule has 0 saturated carbocycles. The average molecular weight is 250 g/mol. The molecule has 3 heteroatoms. The van der Waals surface area contributed by atoms with Crippen LogP contribution in [0.2, 0.25) is 0 Å². The Morgan fingerprint density at radius 1 is 1.15 bits per heavy atom. The fourth-order valence-corrected chi connectivity index (χ4v) is 1.50. The summed E-state index contributed by atoms with van der Waals surface area (Å²) in [5.41, 5.74) is 0. The predicted octanol–water partition coefficient (Wildman–Crippen LogP) is 2.81. The number of unbranched alkanes of at least 4 members (excludes halogenated alkanes) is 2. The van der Waals surface area contributed by atoms with Crippen molar-refractivity contribution >= 4 is 21.8 Å². The molecule has 2 nitrogen and oxygen atoms in total. The topological polar surface area (TPSA) is 20.3 Å². The lowest BCUT2D eigenvalue weighted by molar-refractivity contribution is -0.128. The smallest absolute Gasteiger partial charge is 0.233 e. The summed E-state index contributed by atoms with van der Waals surface area (Å²) in [7, 11) is 0. The Balaban J connectivity index is 3.79. The number of hydrogen-bond acceptors (Lipinski definition) is 1. The molecule has 0 heterocycles. The Morgan fingerprint density at radius 3 is 1.92 bits per heavy atom. The van der Waals surface area contributed by atoms with Gasteiger partial charge in [0.2, 0.25) is 5.91 Å². The second kappa shape index (κ2) is 8.54. The molecular formula is C10H20BrNO. The van der Waals surface area contributed by atoms with Crippen molar-refractivity contribution in [1.29, 1.82) is 0 Å². The zero-order valence-corrected chi connectivity index (χ0v) is 10.3. The first-order chi connectivity index (χ1) is 6.26. The molecule has 0 saturated heterocycles. The summed E-state index contributed by atoms with van der Waals surface area (Å²) in [6.07, 6.45) is 4.53. The third kappa shape index (κ3) is 6.08. The zero-order chi connectivity index (χ0) is 10.1. The van der Waals surface area contributed by atoms with Crippen molar-refractivity contribution in [2.75, 3.05) is 18.4 Å². The van der Waals surface area contributed by atoms with Crippen LogP contribution in [0.1, 0.15) is 39.5 Å². The van der Waals surface area contributed by atoms with E-state index in [0.717, 1.165) is 38.8 Å². The molecule has 0 fully saturated rings. The normalized spacial score (nSPS) is 10.1. The number of carbonyl (C=O) groups excluding carboxylic acids is 1. The maximum absolute atomic E-state index is 11.4. The molecule has 78 valence electrons. The van der Waals surface area contributed by atoms with Crippen LogP contribution in [0.5, 0.6) is 0 Å². The van der Waals surface area contributed by atoms with E-state index in [-0.39, 0.29) is 5.91 Å². The quantitative estimate of drug-likeness (QED) is 0.636. The SMILES string of the molecule is CCCCN(CCCC)C(=O)CBr. The highest BCUT2D eigenvalue weighted by atomic mass is 79.9. The summed E-state index contributed by atoms with van der Waals surface area (Å²) in [5, 5.41) is 0.459. The first-order valence-corrected chi connectivity index (χ1v) is 6.22. The van der Waals surface area contributed by atoms with Crippen molar-refractivity contribution in [3.8, 4) is 0 Å². The van der Waals surface area contributed by atoms with Crippen molar-refractivity contribution in [2.45, 2.75) is 39.5 Å². The zero-order valence-electron chi connectivity index (χ0n) is 8.68. The van der Waals surface area contributed by atoms with Gasteiger partial charge in [-0.3, -0.25) is 4.79 Å². The number of rotatable bonds is 7. The van der Waals surface area contributed by atoms with Crippen LogP contribution in [-0.4, -0.2) is 29.2 Å². The number of halogens is 1. The largest absolute Gasteiger partial charge is 0.342 e. The van der Waals surface area contributed by atoms with Gasteiger partial charge in [-0.05, 0) is 12.8 Å². The molecule has 0 radical (unpaired) electrons. The maximum Gasteiger partial charge on any atom is 0.233 e. The molecule has 0 aromatic carbocycles. The lowest BCUT2D eigenvalue weighted by Crippen LogP contribution is -2.33. The minimum atomic E-state index is 0.224. The van der Waals surface area contributed by atoms with Gasteiger partial charge in [0.05, 0.1) is 5.33 Å². The first kappa shape index (κ1) is 12.9. The molecule has 0 unspecified atom stereocenters. The van der Waals surface area contributed by atoms with Gasteiger partial charge in [0.1, 0.15) is 0 Å². The molecule has 1 amide bonds. The predicted molar refractivity (Wildman–Crippen MR) is 60.2 cm³/mol. The third-order valence-electron chi connectivity index (χ3n) is 2.03. The summed E-state index contributed by atoms with van der Waals surface area (Å²) < 4.78 is 0. The van der Waals surface area contributed by atoms with Crippen LogP contribution in [0.25, 0.3) is 0 Å². The lowest BCUT2D eigenvalue weighted by atomic mass is 10.2. The second-order valence-electron chi connectivity index (χ2n) is 3.22. The monoisotopic (exact) mass is 249 g/mol. The van der Waals surface area contributed by atoms with E-state index in [1.54, 1.807) is 0 Å². The fraction of sp³-hybridized carbons (Fsp3) is 0.900. The highest BCUT2D eigenvalue weighted by molar-refractivity contribution is 9.09. The van der Waals surface area contributed by atoms with Crippen LogP contribution in [0.4, 0.5) is 0 Å². The summed E-state index contributed by atoms with van der Waals surface area (Å²) in [5.74, 6) is 0.224. The molecule has 13 heavy (non-hydrogen) atoms. The Labute approximate surface area is 89.8 Å². The standard InChI is InChI=1S/C10H20BrNO/c1-3-5-7-12(8-6-4-2)10(13)9-11/h3-9H2,1-2H3. The maximum atomic E-state index is 11.4. The van der Waals surface area contributed by atoms with E-state index >= 15 is 0 Å². The molecular weight excluding hydrogens is 230 g/mol. The van der Waals surface area contributed by atoms with Gasteiger partial charge >= 0.3 is 0 Å². The van der Waals surface area contributed by atoms with E-state index in [4.69, 9.17) is 0 Å². The van der Waals surface area contributed by atoms with Crippen LogP contribution in [0, 0.1) is 0 Å². The van der Waals surface area contributed by atoms with Gasteiger partial charge < -0.3 is 4.90 Å². The first-order valence-electron chi connectivity index (χ1n) is 5.10. The number of carbonyl (C=O) groups is 1. The van der Waals surface area contributed by atoms with Gasteiger partial charge in [-0.25, -0.2) is 0 Å². The molecule has 0 aliphatic rings. The summed E-state index contributed by atoms with van der Waals surface area (Å²) >= 11 is 3.21. The van der Waals surface area contributed by atoms with E-state index in [1.165, 1.54) is 0 Å². The molecule has 0 N–H and O–H groups in total. The molecule has 0 rings (SSSR count). The highest BCUT2D eigenvalue weighted by Gasteiger charge is 2.09. The van der Waals surface area contributed by atoms with Crippen LogP contribution in [0.15, 0.2) is 0 Å². The van der Waals surface area contributed by atoms with Crippen LogP contribution in [-0.2, 0) is 4.79 Å². The van der Waals surface area contributed by atoms with E-state index in [1.807, 2.05) is 4.90 Å². The van der Waals surface area contributed by atoms with E-state index < -0.39 is 0 Å². The van der Waals surface area contributed by atoms with Crippen molar-refractivity contribution in [1.82, 2.24) is 4.90 Å². The Hall–Kier alpha value is -0.0500. The van der Waals surface area contributed by atoms with Gasteiger partial charge in [-0.2, -0.15) is 0 Å². The summed E-state index contributed by atoms with van der Waals surface area (Å²) in [6, 6.07) is 0. The van der Waals surface area contributed by atoms with Crippen molar-refractivity contribution in [3.05, 3.63) is 0 Å². The van der Waals surface area contributed by atoms with Gasteiger partial charge in [0, 0.05) is 13.1 Å². The number of amides is 1. The minimum absolute atomic E-state index is 0.224. The molecule has 0 atom stereocenters. The highest BCUT2D eigenvalue weighted by Crippen LogP contribution is 2.01. The summed E-state index contributed by atoms with van der Waals surface area (Å²) in [4.78, 5) is 13.4. The third-order valence-corrected chi connectivity index (χ3v) is 2.51. The lowest BCUT2D eigenvalue weighted by Gasteiger charge is -2.21. The second-order valence-corrected chi connectivity index (χ2v) is 3.78. The summed E-state index contributed by atoms with van der Waals surface area (Å²) in [6.45, 7) is 6.13. The Kier molecular flexibility index (Phi) is 8.51. The number of hydrogen-bond donors (Lipinski definition) is 0. The van der Waals surface area contributed by atoms with E-state index in [0.29, 0.717) is 5.33 Å². The van der Waals surface area contributed by atoms with Crippen molar-refractivity contribution in [2.24, 2.45) is 0 Å². The van der Waals surface area contributed by atoms with Gasteiger partial charge in [0.15, 0.2) is 0 Å². The van der Waals surface area contributed by atoms with Crippen LogP contribution < -0.4 is 0 Å². The number of alkyl halides is 1. The molecule has 0 aromatic heterocycles. The van der Waals surface area contributed by atoms with Crippen molar-refractivity contribution in [3.63, 3.8) is 0 Å². The molecule has 0 aromatic rings. The van der Waals surface area contributed by atoms with E-state index in [2.05, 4.69) is 29.8 Å². The minimum Gasteiger partial charge on any atom is -0.342 e. The average Bonchev–Trinajstić information content (AvgIpc) is 2.17. The van der Waals surface area contributed by atoms with E-state index in [9.17, 15) is 4.79 Å². The van der Waals surface area contributed by atoms with Gasteiger partial charge in [0.25, 0.3) is 0 Å². The van der Waals surface area contributed by atoms with Crippen LogP contribution >= 0.6 is 15.9 Å². The van der Waals surface area contributed by atoms with Crippen molar-refractivity contribution < 1.29 is 4.79 Å². The van der Waals surface area contributed by atoms with Gasteiger partial charge in [-0.15, -0.1) is 0 Å².